The number of thiazole rings is 1. The van der Waals surface area contributed by atoms with Crippen molar-refractivity contribution >= 4 is 27.4 Å². The van der Waals surface area contributed by atoms with Gasteiger partial charge in [-0.15, -0.1) is 0 Å². The van der Waals surface area contributed by atoms with E-state index in [4.69, 9.17) is 5.11 Å². The zero-order valence-corrected chi connectivity index (χ0v) is 9.36. The van der Waals surface area contributed by atoms with Crippen LogP contribution in [-0.2, 0) is 4.79 Å². The smallest absolute Gasteiger partial charge is 0.345 e. The second-order valence-electron chi connectivity index (χ2n) is 3.08. The Morgan fingerprint density at radius 3 is 2.94 bits per heavy atom. The summed E-state index contributed by atoms with van der Waals surface area (Å²) in [6, 6.07) is -0.754. The third kappa shape index (κ3) is 3.16. The molecular weight excluding hydrogens is 234 g/mol. The Kier molecular flexibility index (Phi) is 4.18. The Morgan fingerprint density at radius 1 is 1.81 bits per heavy atom. The Hall–Kier alpha value is -1.70. The summed E-state index contributed by atoms with van der Waals surface area (Å²) in [4.78, 5) is 24.4. The van der Waals surface area contributed by atoms with Crippen molar-refractivity contribution in [1.82, 2.24) is 4.98 Å². The van der Waals surface area contributed by atoms with Crippen LogP contribution in [0.5, 0.6) is 0 Å². The van der Waals surface area contributed by atoms with Crippen LogP contribution in [0.3, 0.4) is 0 Å². The monoisotopic (exact) mass is 245 g/mol. The molecule has 88 valence electrons. The van der Waals surface area contributed by atoms with E-state index in [-0.39, 0.29) is 10.1 Å². The minimum Gasteiger partial charge on any atom is -0.480 e. The van der Waals surface area contributed by atoms with Crippen LogP contribution >= 0.6 is 11.3 Å². The lowest BCUT2D eigenvalue weighted by Crippen LogP contribution is -2.28. The number of carboxylic acid groups (broad SMARTS) is 1. The van der Waals surface area contributed by atoms with Crippen molar-refractivity contribution in [2.45, 2.75) is 25.8 Å². The predicted octanol–water partition coefficient (Wildman–Crippen LogP) is 1.72. The molecule has 7 nitrogen and oxygen atoms in total. The van der Waals surface area contributed by atoms with E-state index in [1.165, 1.54) is 0 Å². The summed E-state index contributed by atoms with van der Waals surface area (Å²) in [5.41, 5.74) is 0. The molecule has 1 heterocycles. The van der Waals surface area contributed by atoms with Crippen molar-refractivity contribution < 1.29 is 14.8 Å². The van der Waals surface area contributed by atoms with Crippen LogP contribution in [0.15, 0.2) is 6.20 Å². The van der Waals surface area contributed by atoms with E-state index in [9.17, 15) is 14.9 Å². The summed E-state index contributed by atoms with van der Waals surface area (Å²) >= 11 is 0.828. The van der Waals surface area contributed by atoms with E-state index in [0.29, 0.717) is 12.8 Å². The number of nitrogens with one attached hydrogen (secondary N) is 1. The third-order valence-electron chi connectivity index (χ3n) is 1.85. The standard InChI is InChI=1S/C8H11N3O4S/c1-2-3-5(7(12)13)10-8-9-4-6(16-8)11(14)15/h4-5H,2-3H2,1H3,(H,9,10)(H,12,13). The van der Waals surface area contributed by atoms with Gasteiger partial charge in [-0.2, -0.15) is 0 Å². The number of aromatic nitrogens is 1. The Labute approximate surface area is 95.3 Å². The van der Waals surface area contributed by atoms with Gasteiger partial charge < -0.3 is 10.4 Å². The second kappa shape index (κ2) is 5.40. The molecule has 0 saturated heterocycles. The molecule has 2 N–H and O–H groups in total. The highest BCUT2D eigenvalue weighted by atomic mass is 32.1. The van der Waals surface area contributed by atoms with Crippen molar-refractivity contribution in [2.75, 3.05) is 5.32 Å². The SMILES string of the molecule is CCCC(Nc1ncc([N+](=O)[O-])s1)C(=O)O. The molecule has 1 atom stereocenters. The van der Waals surface area contributed by atoms with Gasteiger partial charge in [0, 0.05) is 0 Å². The average Bonchev–Trinajstić information content (AvgIpc) is 2.65. The van der Waals surface area contributed by atoms with Crippen molar-refractivity contribution in [1.29, 1.82) is 0 Å². The number of hydrogen-bond donors (Lipinski definition) is 2. The molecule has 0 radical (unpaired) electrons. The van der Waals surface area contributed by atoms with Crippen molar-refractivity contribution in [3.05, 3.63) is 16.3 Å². The van der Waals surface area contributed by atoms with Crippen molar-refractivity contribution in [3.63, 3.8) is 0 Å². The molecule has 1 aromatic heterocycles. The fourth-order valence-electron chi connectivity index (χ4n) is 1.11. The molecule has 0 aliphatic carbocycles. The summed E-state index contributed by atoms with van der Waals surface area (Å²) in [6.07, 6.45) is 2.26. The van der Waals surface area contributed by atoms with Gasteiger partial charge in [0.15, 0.2) is 5.13 Å². The van der Waals surface area contributed by atoms with E-state index >= 15 is 0 Å². The Bertz CT molecular complexity index is 392. The molecule has 1 rings (SSSR count). The minimum absolute atomic E-state index is 0.108. The molecule has 8 heteroatoms. The molecule has 1 unspecified atom stereocenters. The minimum atomic E-state index is -0.986. The van der Waals surface area contributed by atoms with Crippen LogP contribution in [0.2, 0.25) is 0 Å². The van der Waals surface area contributed by atoms with Gasteiger partial charge in [0.2, 0.25) is 0 Å². The first-order chi connectivity index (χ1) is 7.54. The molecule has 0 aliphatic heterocycles. The summed E-state index contributed by atoms with van der Waals surface area (Å²) in [7, 11) is 0. The molecular formula is C8H11N3O4S. The second-order valence-corrected chi connectivity index (χ2v) is 4.09. The number of carboxylic acids is 1. The first kappa shape index (κ1) is 12.4. The first-order valence-electron chi connectivity index (χ1n) is 4.64. The molecule has 0 fully saturated rings. The van der Waals surface area contributed by atoms with Crippen LogP contribution in [0.1, 0.15) is 19.8 Å². The van der Waals surface area contributed by atoms with Crippen LogP contribution < -0.4 is 5.32 Å². The maximum Gasteiger partial charge on any atom is 0.345 e. The van der Waals surface area contributed by atoms with Gasteiger partial charge in [-0.1, -0.05) is 13.3 Å². The zero-order valence-electron chi connectivity index (χ0n) is 8.54. The molecule has 0 saturated carbocycles. The number of rotatable bonds is 6. The lowest BCUT2D eigenvalue weighted by molar-refractivity contribution is -0.380. The molecule has 0 spiro atoms. The number of nitrogens with zero attached hydrogens (tertiary/aromatic N) is 2. The van der Waals surface area contributed by atoms with Gasteiger partial charge in [-0.3, -0.25) is 10.1 Å². The van der Waals surface area contributed by atoms with Crippen LogP contribution in [0.4, 0.5) is 10.1 Å². The highest BCUT2D eigenvalue weighted by molar-refractivity contribution is 7.18. The van der Waals surface area contributed by atoms with E-state index in [2.05, 4.69) is 10.3 Å². The summed E-state index contributed by atoms with van der Waals surface area (Å²) in [5.74, 6) is -0.986. The number of aliphatic carboxylic acids is 1. The zero-order chi connectivity index (χ0) is 12.1. The maximum absolute atomic E-state index is 10.8. The summed E-state index contributed by atoms with van der Waals surface area (Å²) in [5, 5.41) is 22.1. The maximum atomic E-state index is 10.8. The molecule has 16 heavy (non-hydrogen) atoms. The molecule has 1 aromatic rings. The van der Waals surface area contributed by atoms with Crippen molar-refractivity contribution in [3.8, 4) is 0 Å². The van der Waals surface area contributed by atoms with Crippen LogP contribution in [0, 0.1) is 10.1 Å². The quantitative estimate of drug-likeness (QED) is 0.584. The summed E-state index contributed by atoms with van der Waals surface area (Å²) < 4.78 is 0. The number of carbonyl (C=O) groups is 1. The normalized spacial score (nSPS) is 12.1. The van der Waals surface area contributed by atoms with Gasteiger partial charge >= 0.3 is 11.0 Å². The van der Waals surface area contributed by atoms with E-state index < -0.39 is 16.9 Å². The van der Waals surface area contributed by atoms with Gasteiger partial charge in [-0.05, 0) is 17.8 Å². The Morgan fingerprint density at radius 2 is 2.50 bits per heavy atom. The lowest BCUT2D eigenvalue weighted by atomic mass is 10.2. The highest BCUT2D eigenvalue weighted by Crippen LogP contribution is 2.25. The molecule has 0 aromatic carbocycles. The number of hydrogen-bond acceptors (Lipinski definition) is 6. The average molecular weight is 245 g/mol. The van der Waals surface area contributed by atoms with Crippen LogP contribution in [0.25, 0.3) is 0 Å². The van der Waals surface area contributed by atoms with Gasteiger partial charge in [0.05, 0.1) is 4.92 Å². The van der Waals surface area contributed by atoms with Gasteiger partial charge in [0.1, 0.15) is 12.2 Å². The summed E-state index contributed by atoms with van der Waals surface area (Å²) in [6.45, 7) is 1.86. The van der Waals surface area contributed by atoms with E-state index in [0.717, 1.165) is 17.5 Å². The van der Waals surface area contributed by atoms with Gasteiger partial charge in [0.25, 0.3) is 0 Å². The topological polar surface area (TPSA) is 105 Å². The van der Waals surface area contributed by atoms with E-state index in [1.807, 2.05) is 6.92 Å². The Balaban J connectivity index is 2.69. The number of nitro groups is 1. The molecule has 0 aliphatic rings. The third-order valence-corrected chi connectivity index (χ3v) is 2.73. The fourth-order valence-corrected chi connectivity index (χ4v) is 1.80. The highest BCUT2D eigenvalue weighted by Gasteiger charge is 2.19. The van der Waals surface area contributed by atoms with Crippen LogP contribution in [-0.4, -0.2) is 27.0 Å². The molecule has 0 bridgehead atoms. The fraction of sp³-hybridized carbons (Fsp3) is 0.500. The van der Waals surface area contributed by atoms with Gasteiger partial charge in [-0.25, -0.2) is 9.78 Å². The van der Waals surface area contributed by atoms with Crippen molar-refractivity contribution in [2.24, 2.45) is 0 Å². The first-order valence-corrected chi connectivity index (χ1v) is 5.45. The van der Waals surface area contributed by atoms with E-state index in [1.54, 1.807) is 0 Å². The largest absolute Gasteiger partial charge is 0.480 e. The molecule has 0 amide bonds. The number of anilines is 1. The lowest BCUT2D eigenvalue weighted by Gasteiger charge is -2.11. The predicted molar refractivity (Wildman–Crippen MR) is 58.7 cm³/mol.